The van der Waals surface area contributed by atoms with Crippen LogP contribution in [0.3, 0.4) is 0 Å². The highest BCUT2D eigenvalue weighted by molar-refractivity contribution is 6.31. The maximum atomic E-state index is 10.4. The second kappa shape index (κ2) is 10.4. The van der Waals surface area contributed by atoms with Crippen LogP contribution in [0.1, 0.15) is 34.8 Å². The summed E-state index contributed by atoms with van der Waals surface area (Å²) in [6.45, 7) is -0.441. The van der Waals surface area contributed by atoms with Crippen LogP contribution in [0.5, 0.6) is 0 Å². The highest BCUT2D eigenvalue weighted by Crippen LogP contribution is 2.34. The summed E-state index contributed by atoms with van der Waals surface area (Å²) in [5.41, 5.74) is 3.27. The van der Waals surface area contributed by atoms with Crippen molar-refractivity contribution in [3.8, 4) is 11.8 Å². The molecule has 6 nitrogen and oxygen atoms in total. The predicted molar refractivity (Wildman–Crippen MR) is 112 cm³/mol. The van der Waals surface area contributed by atoms with Crippen molar-refractivity contribution in [3.05, 3.63) is 69.7 Å². The molecule has 0 bridgehead atoms. The van der Waals surface area contributed by atoms with Gasteiger partial charge < -0.3 is 30.3 Å². The Labute approximate surface area is 180 Å². The summed E-state index contributed by atoms with van der Waals surface area (Å²) in [5.74, 6) is 5.86. The Balaban J connectivity index is 1.79. The van der Waals surface area contributed by atoms with E-state index in [1.165, 1.54) is 0 Å². The van der Waals surface area contributed by atoms with Crippen molar-refractivity contribution in [2.24, 2.45) is 0 Å². The minimum Gasteiger partial charge on any atom is -0.395 e. The zero-order valence-corrected chi connectivity index (χ0v) is 17.0. The van der Waals surface area contributed by atoms with E-state index in [4.69, 9.17) is 21.4 Å². The van der Waals surface area contributed by atoms with Crippen molar-refractivity contribution in [2.45, 2.75) is 43.4 Å². The molecule has 2 unspecified atom stereocenters. The summed E-state index contributed by atoms with van der Waals surface area (Å²) in [6, 6.07) is 12.9. The van der Waals surface area contributed by atoms with E-state index in [9.17, 15) is 20.4 Å². The quantitative estimate of drug-likeness (QED) is 0.454. The van der Waals surface area contributed by atoms with Crippen LogP contribution in [-0.4, -0.2) is 63.2 Å². The summed E-state index contributed by atoms with van der Waals surface area (Å²) < 4.78 is 5.64. The van der Waals surface area contributed by atoms with Crippen molar-refractivity contribution < 1.29 is 30.3 Å². The first kappa shape index (κ1) is 22.7. The largest absolute Gasteiger partial charge is 0.395 e. The number of aliphatic hydroxyl groups is 5. The average Bonchev–Trinajstić information content (AvgIpc) is 2.75. The van der Waals surface area contributed by atoms with Gasteiger partial charge in [0.05, 0.1) is 13.2 Å². The van der Waals surface area contributed by atoms with Crippen molar-refractivity contribution in [1.82, 2.24) is 0 Å². The molecule has 30 heavy (non-hydrogen) atoms. The lowest BCUT2D eigenvalue weighted by Gasteiger charge is -2.40. The van der Waals surface area contributed by atoms with Gasteiger partial charge in [-0.1, -0.05) is 47.7 Å². The highest BCUT2D eigenvalue weighted by Gasteiger charge is 2.43. The monoisotopic (exact) mass is 432 g/mol. The van der Waals surface area contributed by atoms with E-state index >= 15 is 0 Å². The summed E-state index contributed by atoms with van der Waals surface area (Å²) in [7, 11) is 0. The summed E-state index contributed by atoms with van der Waals surface area (Å²) in [5, 5.41) is 49.1. The maximum Gasteiger partial charge on any atom is 0.113 e. The summed E-state index contributed by atoms with van der Waals surface area (Å²) in [6.07, 6.45) is -5.07. The molecule has 2 aromatic rings. The van der Waals surface area contributed by atoms with E-state index in [1.807, 2.05) is 24.3 Å². The van der Waals surface area contributed by atoms with Crippen LogP contribution in [0.25, 0.3) is 0 Å². The Morgan fingerprint density at radius 2 is 1.67 bits per heavy atom. The van der Waals surface area contributed by atoms with Crippen LogP contribution >= 0.6 is 11.6 Å². The van der Waals surface area contributed by atoms with Gasteiger partial charge in [0, 0.05) is 17.0 Å². The molecule has 0 aliphatic carbocycles. The van der Waals surface area contributed by atoms with Gasteiger partial charge in [0.25, 0.3) is 0 Å². The van der Waals surface area contributed by atoms with Crippen molar-refractivity contribution in [3.63, 3.8) is 0 Å². The Bertz CT molecular complexity index is 902. The Kier molecular flexibility index (Phi) is 7.87. The zero-order chi connectivity index (χ0) is 21.7. The van der Waals surface area contributed by atoms with Crippen LogP contribution in [-0.2, 0) is 11.2 Å². The van der Waals surface area contributed by atoms with E-state index in [1.54, 1.807) is 18.2 Å². The van der Waals surface area contributed by atoms with Crippen LogP contribution < -0.4 is 0 Å². The van der Waals surface area contributed by atoms with E-state index in [-0.39, 0.29) is 6.61 Å². The van der Waals surface area contributed by atoms with Crippen molar-refractivity contribution >= 4 is 11.6 Å². The number of ether oxygens (including phenoxy) is 1. The fourth-order valence-corrected chi connectivity index (χ4v) is 3.61. The molecular weight excluding hydrogens is 408 g/mol. The number of hydrogen-bond acceptors (Lipinski definition) is 6. The van der Waals surface area contributed by atoms with Gasteiger partial charge in [0.1, 0.15) is 30.5 Å². The molecule has 5 atom stereocenters. The first-order valence-electron chi connectivity index (χ1n) is 9.72. The van der Waals surface area contributed by atoms with Gasteiger partial charge in [-0.2, -0.15) is 0 Å². The highest BCUT2D eigenvalue weighted by atomic mass is 35.5. The van der Waals surface area contributed by atoms with Crippen molar-refractivity contribution in [1.29, 1.82) is 0 Å². The zero-order valence-electron chi connectivity index (χ0n) is 16.3. The van der Waals surface area contributed by atoms with Gasteiger partial charge in [0.15, 0.2) is 0 Å². The molecular formula is C23H25ClO6. The standard InChI is InChI=1S/C23H25ClO6/c24-18-9-8-16(23-22(29)21(28)20(27)19(13-26)30-23)12-17(18)11-15-6-4-14(5-7-15)3-1-2-10-25/h4-9,12,19-23,25-29H,2,10-11,13H2/t19?,20-,21?,22-,23+/m1/s1. The topological polar surface area (TPSA) is 110 Å². The molecule has 5 N–H and O–H groups in total. The summed E-state index contributed by atoms with van der Waals surface area (Å²) >= 11 is 6.37. The van der Waals surface area contributed by atoms with Crippen LogP contribution in [0.4, 0.5) is 0 Å². The van der Waals surface area contributed by atoms with Crippen LogP contribution in [0.2, 0.25) is 5.02 Å². The Morgan fingerprint density at radius 1 is 0.933 bits per heavy atom. The van der Waals surface area contributed by atoms with Gasteiger partial charge >= 0.3 is 0 Å². The average molecular weight is 433 g/mol. The molecule has 2 aromatic carbocycles. The second-order valence-electron chi connectivity index (χ2n) is 7.25. The molecule has 160 valence electrons. The molecule has 7 heteroatoms. The first-order chi connectivity index (χ1) is 14.4. The predicted octanol–water partition coefficient (Wildman–Crippen LogP) is 1.18. The minimum absolute atomic E-state index is 0.0361. The number of benzene rings is 2. The third-order valence-corrected chi connectivity index (χ3v) is 5.48. The van der Waals surface area contributed by atoms with Gasteiger partial charge in [0.2, 0.25) is 0 Å². The molecule has 0 radical (unpaired) electrons. The third kappa shape index (κ3) is 5.20. The fourth-order valence-electron chi connectivity index (χ4n) is 3.43. The third-order valence-electron chi connectivity index (χ3n) is 5.11. The lowest BCUT2D eigenvalue weighted by Crippen LogP contribution is -2.55. The van der Waals surface area contributed by atoms with Gasteiger partial charge in [-0.15, -0.1) is 0 Å². The van der Waals surface area contributed by atoms with E-state index in [0.717, 1.165) is 16.7 Å². The molecule has 3 rings (SSSR count). The number of rotatable bonds is 5. The van der Waals surface area contributed by atoms with Crippen LogP contribution in [0.15, 0.2) is 42.5 Å². The second-order valence-corrected chi connectivity index (χ2v) is 7.66. The lowest BCUT2D eigenvalue weighted by molar-refractivity contribution is -0.231. The summed E-state index contributed by atoms with van der Waals surface area (Å²) in [4.78, 5) is 0. The molecule has 0 spiro atoms. The first-order valence-corrected chi connectivity index (χ1v) is 10.1. The number of aliphatic hydroxyl groups excluding tert-OH is 5. The van der Waals surface area contributed by atoms with E-state index in [2.05, 4.69) is 11.8 Å². The van der Waals surface area contributed by atoms with Gasteiger partial charge in [-0.25, -0.2) is 0 Å². The molecule has 1 aliphatic heterocycles. The number of hydrogen-bond donors (Lipinski definition) is 5. The van der Waals surface area contributed by atoms with Crippen LogP contribution in [0, 0.1) is 11.8 Å². The Morgan fingerprint density at radius 3 is 2.33 bits per heavy atom. The van der Waals surface area contributed by atoms with E-state index in [0.29, 0.717) is 23.4 Å². The van der Waals surface area contributed by atoms with Gasteiger partial charge in [-0.05, 0) is 41.3 Å². The smallest absolute Gasteiger partial charge is 0.113 e. The fraction of sp³-hybridized carbons (Fsp3) is 0.391. The molecule has 0 aromatic heterocycles. The van der Waals surface area contributed by atoms with Gasteiger partial charge in [-0.3, -0.25) is 0 Å². The maximum absolute atomic E-state index is 10.4. The molecule has 1 fully saturated rings. The molecule has 0 saturated carbocycles. The van der Waals surface area contributed by atoms with E-state index < -0.39 is 37.1 Å². The normalized spacial score (nSPS) is 26.1. The molecule has 0 amide bonds. The molecule has 1 aliphatic rings. The minimum atomic E-state index is -1.43. The SMILES string of the molecule is OCCC#Cc1ccc(Cc2cc([C@@H]3OC(CO)[C@@H](O)C(O)[C@H]3O)ccc2Cl)cc1. The Hall–Kier alpha value is -1.95. The number of halogens is 1. The molecule has 1 heterocycles. The molecule has 1 saturated heterocycles. The lowest BCUT2D eigenvalue weighted by atomic mass is 9.90. The van der Waals surface area contributed by atoms with Crippen molar-refractivity contribution in [2.75, 3.05) is 13.2 Å².